The average Bonchev–Trinajstić information content (AvgIpc) is 3.54. The molecule has 0 radical (unpaired) electrons. The molecule has 2 heteroatoms. The van der Waals surface area contributed by atoms with Crippen molar-refractivity contribution in [2.75, 3.05) is 0 Å². The van der Waals surface area contributed by atoms with Gasteiger partial charge in [0.15, 0.2) is 0 Å². The first kappa shape index (κ1) is 25.3. The van der Waals surface area contributed by atoms with Gasteiger partial charge in [0.2, 0.25) is 0 Å². The van der Waals surface area contributed by atoms with Gasteiger partial charge in [0.25, 0.3) is 0 Å². The maximum Gasteiger partial charge on any atom is -0.0771 e. The zero-order valence-electron chi connectivity index (χ0n) is 20.9. The van der Waals surface area contributed by atoms with Crippen molar-refractivity contribution in [1.82, 2.24) is 0 Å². The summed E-state index contributed by atoms with van der Waals surface area (Å²) in [7, 11) is 0. The van der Waals surface area contributed by atoms with Crippen molar-refractivity contribution in [3.8, 4) is 0 Å². The van der Waals surface area contributed by atoms with Crippen LogP contribution >= 0.6 is 0 Å². The summed E-state index contributed by atoms with van der Waals surface area (Å²) in [4.78, 5) is 0. The quantitative estimate of drug-likeness (QED) is 0.147. The summed E-state index contributed by atoms with van der Waals surface area (Å²) < 4.78 is 0. The molecule has 0 aliphatic carbocycles. The van der Waals surface area contributed by atoms with Crippen molar-refractivity contribution < 1.29 is 23.3 Å². The molecular formula is C35H28SiZr. The van der Waals surface area contributed by atoms with Gasteiger partial charge in [-0.05, 0) is 0 Å². The van der Waals surface area contributed by atoms with Gasteiger partial charge in [0.05, 0.1) is 0 Å². The third-order valence-corrected chi connectivity index (χ3v) is 12.5. The SMILES string of the molecule is Cc1cc2ccccc2[cH-]1.[Zr+2]=[Si](c1ccccc1)c1ccccc1.c1ccc2c(c1)[cH-]c1ccccc12. The third-order valence-electron chi connectivity index (χ3n) is 6.41. The van der Waals surface area contributed by atoms with E-state index in [0.29, 0.717) is 0 Å². The van der Waals surface area contributed by atoms with E-state index in [4.69, 9.17) is 0 Å². The van der Waals surface area contributed by atoms with Crippen LogP contribution in [0.2, 0.25) is 0 Å². The summed E-state index contributed by atoms with van der Waals surface area (Å²) in [5.74, 6) is 0. The van der Waals surface area contributed by atoms with Crippen LogP contribution in [0.4, 0.5) is 0 Å². The molecule has 176 valence electrons. The van der Waals surface area contributed by atoms with Crippen molar-refractivity contribution in [3.63, 3.8) is 0 Å². The summed E-state index contributed by atoms with van der Waals surface area (Å²) >= 11 is 1.64. The monoisotopic (exact) mass is 566 g/mol. The largest absolute Gasteiger partial charge is 0.126 e. The molecule has 0 atom stereocenters. The van der Waals surface area contributed by atoms with Crippen molar-refractivity contribution in [3.05, 3.63) is 157 Å². The van der Waals surface area contributed by atoms with Gasteiger partial charge in [0.1, 0.15) is 0 Å². The smallest absolute Gasteiger partial charge is 0.0771 e. The molecule has 0 heterocycles. The Kier molecular flexibility index (Phi) is 8.41. The van der Waals surface area contributed by atoms with Crippen molar-refractivity contribution in [1.29, 1.82) is 0 Å². The van der Waals surface area contributed by atoms with E-state index in [1.165, 1.54) is 48.3 Å². The van der Waals surface area contributed by atoms with Gasteiger partial charge >= 0.3 is 99.8 Å². The molecule has 0 spiro atoms. The number of aryl methyl sites for hydroxylation is 1. The zero-order chi connectivity index (χ0) is 25.5. The second-order valence-electron chi connectivity index (χ2n) is 9.09. The number of fused-ring (bicyclic) bond motifs is 4. The van der Waals surface area contributed by atoms with E-state index in [0.717, 1.165) is 0 Å². The van der Waals surface area contributed by atoms with E-state index in [1.54, 1.807) is 23.3 Å². The van der Waals surface area contributed by atoms with Crippen molar-refractivity contribution >= 4 is 48.1 Å². The Balaban J connectivity index is 0.000000115. The molecule has 0 bridgehead atoms. The van der Waals surface area contributed by atoms with Crippen LogP contribution in [0.5, 0.6) is 0 Å². The first-order valence-electron chi connectivity index (χ1n) is 12.5. The fourth-order valence-electron chi connectivity index (χ4n) is 4.59. The van der Waals surface area contributed by atoms with Gasteiger partial charge in [-0.15, -0.1) is 80.3 Å². The summed E-state index contributed by atoms with van der Waals surface area (Å²) in [5.41, 5.74) is 0.894. The van der Waals surface area contributed by atoms with E-state index in [-0.39, 0.29) is 0 Å². The van der Waals surface area contributed by atoms with E-state index in [2.05, 4.69) is 159 Å². The summed E-state index contributed by atoms with van der Waals surface area (Å²) in [5, 5.41) is 11.1. The molecule has 0 aliphatic rings. The average molecular weight is 568 g/mol. The fourth-order valence-corrected chi connectivity index (χ4v) is 8.43. The molecule has 0 saturated carbocycles. The molecule has 7 aromatic rings. The Morgan fingerprint density at radius 1 is 0.486 bits per heavy atom. The van der Waals surface area contributed by atoms with E-state index < -0.39 is 5.43 Å². The minimum atomic E-state index is -0.455. The van der Waals surface area contributed by atoms with Crippen LogP contribution in [0.15, 0.2) is 152 Å². The zero-order valence-corrected chi connectivity index (χ0v) is 24.4. The van der Waals surface area contributed by atoms with Crippen LogP contribution in [0.3, 0.4) is 0 Å². The van der Waals surface area contributed by atoms with Crippen LogP contribution in [0.25, 0.3) is 32.3 Å². The summed E-state index contributed by atoms with van der Waals surface area (Å²) in [6.07, 6.45) is 0. The van der Waals surface area contributed by atoms with Gasteiger partial charge in [-0.2, -0.15) is 6.07 Å². The minimum absolute atomic E-state index is 0.455. The number of hydrogen-bond donors (Lipinski definition) is 0. The van der Waals surface area contributed by atoms with Gasteiger partial charge in [-0.1, -0.05) is 49.4 Å². The molecular weight excluding hydrogens is 540 g/mol. The maximum absolute atomic E-state index is 2.25. The number of benzene rings is 5. The van der Waals surface area contributed by atoms with E-state index >= 15 is 0 Å². The number of hydrogen-bond acceptors (Lipinski definition) is 0. The van der Waals surface area contributed by atoms with Gasteiger partial charge in [-0.25, -0.2) is 0 Å². The fraction of sp³-hybridized carbons (Fsp3) is 0.0286. The first-order chi connectivity index (χ1) is 18.2. The standard InChI is InChI=1S/C13H9.C12H10Si.C10H9.Zr/c1-3-7-12-10(5-1)9-11-6-2-4-8-13(11)12;1-3-7-11(8-4-1)13-12-9-5-2-6-10-12;1-8-6-9-4-2-3-5-10(9)7-8;/h1-9H;1-10H;2-7H,1H3;/q-1;;-1;+2. The Labute approximate surface area is 234 Å². The molecule has 0 N–H and O–H groups in total. The normalized spacial score (nSPS) is 10.5. The van der Waals surface area contributed by atoms with E-state index in [1.807, 2.05) is 0 Å². The molecule has 0 nitrogen and oxygen atoms in total. The van der Waals surface area contributed by atoms with Crippen molar-refractivity contribution in [2.45, 2.75) is 6.92 Å². The van der Waals surface area contributed by atoms with Crippen LogP contribution in [-0.2, 0) is 23.3 Å². The Bertz CT molecular complexity index is 1620. The van der Waals surface area contributed by atoms with E-state index in [9.17, 15) is 0 Å². The Hall–Kier alpha value is -3.32. The van der Waals surface area contributed by atoms with Gasteiger partial charge in [0, 0.05) is 0 Å². The topological polar surface area (TPSA) is 0 Å². The van der Waals surface area contributed by atoms with Gasteiger partial charge < -0.3 is 0 Å². The van der Waals surface area contributed by atoms with Crippen LogP contribution in [-0.4, -0.2) is 5.43 Å². The van der Waals surface area contributed by atoms with Crippen LogP contribution < -0.4 is 10.4 Å². The second-order valence-corrected chi connectivity index (χ2v) is 14.7. The predicted octanol–water partition coefficient (Wildman–Crippen LogP) is 7.92. The van der Waals surface area contributed by atoms with Crippen molar-refractivity contribution in [2.24, 2.45) is 0 Å². The molecule has 0 amide bonds. The molecule has 0 unspecified atom stereocenters. The molecule has 7 aromatic carbocycles. The minimum Gasteiger partial charge on any atom is -0.126 e. The Morgan fingerprint density at radius 2 is 0.919 bits per heavy atom. The first-order valence-corrected chi connectivity index (χ1v) is 17.7. The van der Waals surface area contributed by atoms with Crippen LogP contribution in [0, 0.1) is 6.92 Å². The van der Waals surface area contributed by atoms with Crippen LogP contribution in [0.1, 0.15) is 5.56 Å². The molecule has 37 heavy (non-hydrogen) atoms. The molecule has 0 saturated heterocycles. The third kappa shape index (κ3) is 6.34. The maximum atomic E-state index is 2.25. The molecule has 0 aliphatic heterocycles. The van der Waals surface area contributed by atoms with Gasteiger partial charge in [-0.3, -0.25) is 0 Å². The molecule has 0 fully saturated rings. The molecule has 0 aromatic heterocycles. The summed E-state index contributed by atoms with van der Waals surface area (Å²) in [6.45, 7) is 2.12. The number of rotatable bonds is 2. The Morgan fingerprint density at radius 3 is 1.43 bits per heavy atom. The molecule has 7 rings (SSSR count). The second kappa shape index (κ2) is 12.3. The summed E-state index contributed by atoms with van der Waals surface area (Å²) in [6, 6.07) is 53.8. The predicted molar refractivity (Wildman–Crippen MR) is 159 cm³/mol.